The molecular weight excluding hydrogens is 198 g/mol. The summed E-state index contributed by atoms with van der Waals surface area (Å²) in [7, 11) is 0. The molecule has 0 saturated carbocycles. The Morgan fingerprint density at radius 3 is 2.56 bits per heavy atom. The highest BCUT2D eigenvalue weighted by Gasteiger charge is 2.05. The number of aliphatic hydroxyl groups is 1. The largest absolute Gasteiger partial charge is 0.392 e. The van der Waals surface area contributed by atoms with Crippen LogP contribution in [0.4, 0.5) is 0 Å². The molecule has 0 bridgehead atoms. The van der Waals surface area contributed by atoms with Crippen molar-refractivity contribution >= 4 is 0 Å². The smallest absolute Gasteiger partial charge is 0.0687 e. The molecule has 0 saturated heterocycles. The Morgan fingerprint density at radius 1 is 1.06 bits per heavy atom. The molecule has 0 amide bonds. The summed E-state index contributed by atoms with van der Waals surface area (Å²) in [6.45, 7) is 4.10. The molecule has 0 radical (unpaired) electrons. The number of benzene rings is 1. The minimum Gasteiger partial charge on any atom is -0.392 e. The Balaban J connectivity index is 2.55. The van der Waals surface area contributed by atoms with Crippen molar-refractivity contribution in [1.82, 2.24) is 4.98 Å². The summed E-state index contributed by atoms with van der Waals surface area (Å²) in [6.07, 6.45) is 3.66. The Hall–Kier alpha value is -1.67. The summed E-state index contributed by atoms with van der Waals surface area (Å²) < 4.78 is 0. The van der Waals surface area contributed by atoms with Gasteiger partial charge in [0.15, 0.2) is 0 Å². The molecule has 1 heterocycles. The summed E-state index contributed by atoms with van der Waals surface area (Å²) in [4.78, 5) is 4.18. The maximum atomic E-state index is 9.35. The highest BCUT2D eigenvalue weighted by molar-refractivity contribution is 5.67. The van der Waals surface area contributed by atoms with Crippen LogP contribution in [0, 0.1) is 13.8 Å². The van der Waals surface area contributed by atoms with E-state index in [1.165, 1.54) is 0 Å². The third-order valence-electron chi connectivity index (χ3n) is 2.62. The van der Waals surface area contributed by atoms with Gasteiger partial charge >= 0.3 is 0 Å². The number of hydrogen-bond donors (Lipinski definition) is 1. The maximum Gasteiger partial charge on any atom is 0.0687 e. The predicted molar refractivity (Wildman–Crippen MR) is 65.1 cm³/mol. The molecule has 1 aromatic carbocycles. The fraction of sp³-hybridized carbons (Fsp3) is 0.214. The molecule has 0 aliphatic carbocycles. The summed E-state index contributed by atoms with van der Waals surface area (Å²) >= 11 is 0. The first-order valence-electron chi connectivity index (χ1n) is 5.33. The van der Waals surface area contributed by atoms with Crippen LogP contribution in [0.3, 0.4) is 0 Å². The Labute approximate surface area is 95.6 Å². The third kappa shape index (κ3) is 2.12. The summed E-state index contributed by atoms with van der Waals surface area (Å²) in [5.41, 5.74) is 5.36. The minimum absolute atomic E-state index is 0.0605. The molecule has 0 aliphatic rings. The normalized spacial score (nSPS) is 10.4. The van der Waals surface area contributed by atoms with Crippen LogP contribution < -0.4 is 0 Å². The van der Waals surface area contributed by atoms with E-state index in [0.29, 0.717) is 0 Å². The molecule has 0 spiro atoms. The van der Waals surface area contributed by atoms with Crippen LogP contribution in [0.1, 0.15) is 16.7 Å². The first kappa shape index (κ1) is 10.8. The average Bonchev–Trinajstić information content (AvgIpc) is 2.28. The molecular formula is C14H15NO. The van der Waals surface area contributed by atoms with E-state index in [-0.39, 0.29) is 6.61 Å². The van der Waals surface area contributed by atoms with Crippen molar-refractivity contribution in [2.45, 2.75) is 20.5 Å². The summed E-state index contributed by atoms with van der Waals surface area (Å²) in [5.74, 6) is 0. The first-order chi connectivity index (χ1) is 7.70. The quantitative estimate of drug-likeness (QED) is 0.832. The number of nitrogens with zero attached hydrogens (tertiary/aromatic N) is 1. The number of aliphatic hydroxyl groups excluding tert-OH is 1. The van der Waals surface area contributed by atoms with Crippen LogP contribution >= 0.6 is 0 Å². The number of rotatable bonds is 2. The fourth-order valence-corrected chi connectivity index (χ4v) is 1.84. The van der Waals surface area contributed by atoms with Crippen molar-refractivity contribution in [1.29, 1.82) is 0 Å². The second-order valence-corrected chi connectivity index (χ2v) is 4.07. The lowest BCUT2D eigenvalue weighted by Crippen LogP contribution is -1.91. The third-order valence-corrected chi connectivity index (χ3v) is 2.62. The van der Waals surface area contributed by atoms with Gasteiger partial charge in [0.1, 0.15) is 0 Å². The van der Waals surface area contributed by atoms with Gasteiger partial charge in [-0.2, -0.15) is 0 Å². The molecule has 0 aliphatic heterocycles. The number of aromatic nitrogens is 1. The molecule has 0 fully saturated rings. The Kier molecular flexibility index (Phi) is 3.02. The van der Waals surface area contributed by atoms with E-state index in [1.54, 1.807) is 0 Å². The lowest BCUT2D eigenvalue weighted by Gasteiger charge is -2.08. The zero-order valence-corrected chi connectivity index (χ0v) is 9.57. The highest BCUT2D eigenvalue weighted by Crippen LogP contribution is 2.24. The molecule has 2 nitrogen and oxygen atoms in total. The number of pyridine rings is 1. The van der Waals surface area contributed by atoms with Crippen LogP contribution in [0.2, 0.25) is 0 Å². The van der Waals surface area contributed by atoms with Crippen LogP contribution in [0.15, 0.2) is 36.7 Å². The minimum atomic E-state index is 0.0605. The van der Waals surface area contributed by atoms with Gasteiger partial charge < -0.3 is 5.11 Å². The van der Waals surface area contributed by atoms with Gasteiger partial charge in [-0.05, 0) is 36.6 Å². The van der Waals surface area contributed by atoms with E-state index in [0.717, 1.165) is 27.8 Å². The van der Waals surface area contributed by atoms with E-state index in [2.05, 4.69) is 17.1 Å². The molecule has 1 aromatic heterocycles. The van der Waals surface area contributed by atoms with Crippen molar-refractivity contribution in [3.63, 3.8) is 0 Å². The van der Waals surface area contributed by atoms with Gasteiger partial charge in [-0.1, -0.05) is 23.8 Å². The summed E-state index contributed by atoms with van der Waals surface area (Å²) in [5, 5.41) is 9.35. The SMILES string of the molecule is Cc1cncc(-c2ccc(C)cc2CO)c1. The van der Waals surface area contributed by atoms with Gasteiger partial charge in [0, 0.05) is 18.0 Å². The lowest BCUT2D eigenvalue weighted by molar-refractivity contribution is 0.282. The summed E-state index contributed by atoms with van der Waals surface area (Å²) in [6, 6.07) is 8.18. The number of aryl methyl sites for hydroxylation is 2. The van der Waals surface area contributed by atoms with Crippen molar-refractivity contribution in [2.75, 3.05) is 0 Å². The van der Waals surface area contributed by atoms with Crippen LogP contribution in [-0.4, -0.2) is 10.1 Å². The average molecular weight is 213 g/mol. The molecule has 2 heteroatoms. The molecule has 1 N–H and O–H groups in total. The van der Waals surface area contributed by atoms with Crippen molar-refractivity contribution in [3.05, 3.63) is 53.3 Å². The predicted octanol–water partition coefficient (Wildman–Crippen LogP) is 2.86. The van der Waals surface area contributed by atoms with Crippen LogP contribution in [0.5, 0.6) is 0 Å². The van der Waals surface area contributed by atoms with Crippen molar-refractivity contribution < 1.29 is 5.11 Å². The monoisotopic (exact) mass is 213 g/mol. The molecule has 0 atom stereocenters. The Morgan fingerprint density at radius 2 is 1.88 bits per heavy atom. The van der Waals surface area contributed by atoms with Gasteiger partial charge in [0.2, 0.25) is 0 Å². The molecule has 2 rings (SSSR count). The zero-order chi connectivity index (χ0) is 11.5. The zero-order valence-electron chi connectivity index (χ0n) is 9.57. The highest BCUT2D eigenvalue weighted by atomic mass is 16.3. The van der Waals surface area contributed by atoms with E-state index >= 15 is 0 Å². The fourth-order valence-electron chi connectivity index (χ4n) is 1.84. The molecule has 82 valence electrons. The van der Waals surface area contributed by atoms with E-state index < -0.39 is 0 Å². The van der Waals surface area contributed by atoms with E-state index in [4.69, 9.17) is 0 Å². The van der Waals surface area contributed by atoms with Crippen LogP contribution in [0.25, 0.3) is 11.1 Å². The van der Waals surface area contributed by atoms with Gasteiger partial charge in [0.25, 0.3) is 0 Å². The Bertz CT molecular complexity index is 506. The standard InChI is InChI=1S/C14H15NO/c1-10-3-4-14(13(5-10)9-16)12-6-11(2)7-15-8-12/h3-8,16H,9H2,1-2H3. The maximum absolute atomic E-state index is 9.35. The van der Waals surface area contributed by atoms with Gasteiger partial charge in [-0.3, -0.25) is 4.98 Å². The van der Waals surface area contributed by atoms with Crippen molar-refractivity contribution in [2.24, 2.45) is 0 Å². The lowest BCUT2D eigenvalue weighted by atomic mass is 9.99. The van der Waals surface area contributed by atoms with Crippen molar-refractivity contribution in [3.8, 4) is 11.1 Å². The first-order valence-corrected chi connectivity index (χ1v) is 5.33. The van der Waals surface area contributed by atoms with Gasteiger partial charge in [-0.15, -0.1) is 0 Å². The van der Waals surface area contributed by atoms with Gasteiger partial charge in [-0.25, -0.2) is 0 Å². The number of hydrogen-bond acceptors (Lipinski definition) is 2. The molecule has 2 aromatic rings. The second kappa shape index (κ2) is 4.45. The molecule has 0 unspecified atom stereocenters. The second-order valence-electron chi connectivity index (χ2n) is 4.07. The molecule has 16 heavy (non-hydrogen) atoms. The van der Waals surface area contributed by atoms with E-state index in [1.807, 2.05) is 38.4 Å². The topological polar surface area (TPSA) is 33.1 Å². The van der Waals surface area contributed by atoms with E-state index in [9.17, 15) is 5.11 Å². The van der Waals surface area contributed by atoms with Crippen LogP contribution in [-0.2, 0) is 6.61 Å². The van der Waals surface area contributed by atoms with Gasteiger partial charge in [0.05, 0.1) is 6.61 Å².